The number of nitrogens with zero attached hydrogens (tertiary/aromatic N) is 1. The molecule has 1 N–H and O–H groups in total. The van der Waals surface area contributed by atoms with Crippen LogP contribution in [0.5, 0.6) is 5.75 Å². The quantitative estimate of drug-likeness (QED) is 0.519. The van der Waals surface area contributed by atoms with Gasteiger partial charge in [0, 0.05) is 17.6 Å². The number of hydrogen-bond acceptors (Lipinski definition) is 3. The van der Waals surface area contributed by atoms with Crippen LogP contribution in [0.15, 0.2) is 42.5 Å². The molecule has 0 spiro atoms. The fraction of sp³-hybridized carbons (Fsp3) is 0.481. The molecule has 1 atom stereocenters. The SMILES string of the molecule is CC[C@@H](C(=O)NC1CCCCC1)N(Cc1ccccc1Cl)C(=O)COc1cc(C)cc(C)c1. The molecule has 5 nitrogen and oxygen atoms in total. The zero-order chi connectivity index (χ0) is 23.8. The lowest BCUT2D eigenvalue weighted by molar-refractivity contribution is -0.143. The zero-order valence-corrected chi connectivity index (χ0v) is 20.7. The summed E-state index contributed by atoms with van der Waals surface area (Å²) in [5.41, 5.74) is 2.95. The molecule has 2 amide bonds. The van der Waals surface area contributed by atoms with Crippen LogP contribution >= 0.6 is 11.6 Å². The van der Waals surface area contributed by atoms with Gasteiger partial charge in [0.25, 0.3) is 5.91 Å². The van der Waals surface area contributed by atoms with Crippen molar-refractivity contribution in [2.45, 2.75) is 77.9 Å². The number of ether oxygens (including phenoxy) is 1. The summed E-state index contributed by atoms with van der Waals surface area (Å²) in [7, 11) is 0. The summed E-state index contributed by atoms with van der Waals surface area (Å²) in [6, 6.07) is 12.9. The Balaban J connectivity index is 1.78. The first kappa shape index (κ1) is 25.1. The molecule has 3 rings (SSSR count). The lowest BCUT2D eigenvalue weighted by Gasteiger charge is -2.33. The second-order valence-corrected chi connectivity index (χ2v) is 9.40. The van der Waals surface area contributed by atoms with E-state index in [0.29, 0.717) is 17.2 Å². The number of nitrogens with one attached hydrogen (secondary N) is 1. The van der Waals surface area contributed by atoms with Gasteiger partial charge in [-0.05, 0) is 68.0 Å². The summed E-state index contributed by atoms with van der Waals surface area (Å²) < 4.78 is 5.85. The number of carbonyl (C=O) groups is 2. The van der Waals surface area contributed by atoms with Crippen LogP contribution in [0.4, 0.5) is 0 Å². The number of halogens is 1. The maximum atomic E-state index is 13.4. The van der Waals surface area contributed by atoms with Crippen molar-refractivity contribution in [2.75, 3.05) is 6.61 Å². The van der Waals surface area contributed by atoms with Gasteiger partial charge >= 0.3 is 0 Å². The van der Waals surface area contributed by atoms with Gasteiger partial charge < -0.3 is 15.0 Å². The van der Waals surface area contributed by atoms with E-state index in [1.54, 1.807) is 11.0 Å². The molecule has 0 radical (unpaired) electrons. The smallest absolute Gasteiger partial charge is 0.261 e. The van der Waals surface area contributed by atoms with E-state index in [1.807, 2.05) is 51.1 Å². The van der Waals surface area contributed by atoms with Gasteiger partial charge in [-0.25, -0.2) is 0 Å². The predicted molar refractivity (Wildman–Crippen MR) is 133 cm³/mol. The Hall–Kier alpha value is -2.53. The molecule has 0 aromatic heterocycles. The fourth-order valence-corrected chi connectivity index (χ4v) is 4.71. The topological polar surface area (TPSA) is 58.6 Å². The minimum absolute atomic E-state index is 0.101. The van der Waals surface area contributed by atoms with Gasteiger partial charge in [0.05, 0.1) is 0 Å². The van der Waals surface area contributed by atoms with Gasteiger partial charge in [-0.3, -0.25) is 9.59 Å². The average Bonchev–Trinajstić information content (AvgIpc) is 2.78. The fourth-order valence-electron chi connectivity index (χ4n) is 4.52. The third-order valence-corrected chi connectivity index (χ3v) is 6.56. The summed E-state index contributed by atoms with van der Waals surface area (Å²) in [4.78, 5) is 28.2. The van der Waals surface area contributed by atoms with Crippen LogP contribution in [0.3, 0.4) is 0 Å². The van der Waals surface area contributed by atoms with Crippen LogP contribution < -0.4 is 10.1 Å². The van der Waals surface area contributed by atoms with Crippen molar-refractivity contribution < 1.29 is 14.3 Å². The molecule has 0 saturated heterocycles. The zero-order valence-electron chi connectivity index (χ0n) is 19.9. The first-order valence-corrected chi connectivity index (χ1v) is 12.3. The number of amides is 2. The molecule has 178 valence electrons. The van der Waals surface area contributed by atoms with Crippen molar-refractivity contribution >= 4 is 23.4 Å². The highest BCUT2D eigenvalue weighted by molar-refractivity contribution is 6.31. The van der Waals surface area contributed by atoms with Gasteiger partial charge in [-0.15, -0.1) is 0 Å². The van der Waals surface area contributed by atoms with E-state index in [1.165, 1.54) is 6.42 Å². The maximum absolute atomic E-state index is 13.4. The molecule has 33 heavy (non-hydrogen) atoms. The molecule has 1 aliphatic rings. The number of rotatable bonds is 9. The molecular formula is C27H35ClN2O3. The van der Waals surface area contributed by atoms with Crippen LogP contribution in [0.2, 0.25) is 5.02 Å². The minimum Gasteiger partial charge on any atom is -0.484 e. The maximum Gasteiger partial charge on any atom is 0.261 e. The van der Waals surface area contributed by atoms with Gasteiger partial charge in [0.15, 0.2) is 6.61 Å². The van der Waals surface area contributed by atoms with Crippen molar-refractivity contribution in [1.82, 2.24) is 10.2 Å². The van der Waals surface area contributed by atoms with Crippen LogP contribution in [-0.2, 0) is 16.1 Å². The van der Waals surface area contributed by atoms with Crippen molar-refractivity contribution in [3.8, 4) is 5.75 Å². The number of hydrogen-bond donors (Lipinski definition) is 1. The Morgan fingerprint density at radius 2 is 1.76 bits per heavy atom. The number of carbonyl (C=O) groups excluding carboxylic acids is 2. The Morgan fingerprint density at radius 1 is 1.09 bits per heavy atom. The second kappa shape index (κ2) is 12.1. The minimum atomic E-state index is -0.585. The number of benzene rings is 2. The van der Waals surface area contributed by atoms with Crippen LogP contribution in [0.1, 0.15) is 62.1 Å². The van der Waals surface area contributed by atoms with Crippen LogP contribution in [-0.4, -0.2) is 35.4 Å². The van der Waals surface area contributed by atoms with E-state index in [4.69, 9.17) is 16.3 Å². The average molecular weight is 471 g/mol. The van der Waals surface area contributed by atoms with Crippen molar-refractivity contribution in [2.24, 2.45) is 0 Å². The van der Waals surface area contributed by atoms with E-state index >= 15 is 0 Å². The Kier molecular flexibility index (Phi) is 9.19. The largest absolute Gasteiger partial charge is 0.484 e. The third-order valence-electron chi connectivity index (χ3n) is 6.19. The van der Waals surface area contributed by atoms with Gasteiger partial charge in [0.1, 0.15) is 11.8 Å². The van der Waals surface area contributed by atoms with Crippen molar-refractivity contribution in [1.29, 1.82) is 0 Å². The first-order chi connectivity index (χ1) is 15.9. The summed E-state index contributed by atoms with van der Waals surface area (Å²) in [6.45, 7) is 6.04. The summed E-state index contributed by atoms with van der Waals surface area (Å²) in [5, 5.41) is 3.76. The lowest BCUT2D eigenvalue weighted by Crippen LogP contribution is -2.52. The van der Waals surface area contributed by atoms with Gasteiger partial charge in [-0.2, -0.15) is 0 Å². The highest BCUT2D eigenvalue weighted by atomic mass is 35.5. The Morgan fingerprint density at radius 3 is 2.39 bits per heavy atom. The number of aryl methyl sites for hydroxylation is 2. The van der Waals surface area contributed by atoms with Gasteiger partial charge in [0.2, 0.25) is 5.91 Å². The van der Waals surface area contributed by atoms with E-state index < -0.39 is 6.04 Å². The summed E-state index contributed by atoms with van der Waals surface area (Å²) >= 11 is 6.39. The summed E-state index contributed by atoms with van der Waals surface area (Å²) in [6.07, 6.45) is 5.99. The first-order valence-electron chi connectivity index (χ1n) is 11.9. The molecule has 1 saturated carbocycles. The molecule has 2 aromatic carbocycles. The Labute approximate surface area is 202 Å². The molecular weight excluding hydrogens is 436 g/mol. The molecule has 1 aliphatic carbocycles. The van der Waals surface area contributed by atoms with Crippen molar-refractivity contribution in [3.05, 3.63) is 64.2 Å². The third kappa shape index (κ3) is 7.23. The molecule has 0 unspecified atom stereocenters. The summed E-state index contributed by atoms with van der Waals surface area (Å²) in [5.74, 6) is 0.314. The molecule has 1 fully saturated rings. The molecule has 0 heterocycles. The molecule has 6 heteroatoms. The van der Waals surface area contributed by atoms with Crippen LogP contribution in [0.25, 0.3) is 0 Å². The van der Waals surface area contributed by atoms with Crippen LogP contribution in [0, 0.1) is 13.8 Å². The highest BCUT2D eigenvalue weighted by Gasteiger charge is 2.31. The normalized spacial score (nSPS) is 15.0. The van der Waals surface area contributed by atoms with E-state index in [2.05, 4.69) is 11.4 Å². The van der Waals surface area contributed by atoms with Crippen molar-refractivity contribution in [3.63, 3.8) is 0 Å². The van der Waals surface area contributed by atoms with E-state index in [9.17, 15) is 9.59 Å². The highest BCUT2D eigenvalue weighted by Crippen LogP contribution is 2.22. The molecule has 0 bridgehead atoms. The standard InChI is InChI=1S/C27H35ClN2O3/c1-4-25(27(32)29-22-11-6-5-7-12-22)30(17-21-10-8-9-13-24(21)28)26(31)18-33-23-15-19(2)14-20(3)16-23/h8-10,13-16,22,25H,4-7,11-12,17-18H2,1-3H3,(H,29,32)/t25-/m0/s1. The van der Waals surface area contributed by atoms with E-state index in [0.717, 1.165) is 42.4 Å². The van der Waals surface area contributed by atoms with Gasteiger partial charge in [-0.1, -0.05) is 62.1 Å². The van der Waals surface area contributed by atoms with E-state index in [-0.39, 0.29) is 31.0 Å². The monoisotopic (exact) mass is 470 g/mol. The molecule has 2 aromatic rings. The lowest BCUT2D eigenvalue weighted by atomic mass is 9.95. The predicted octanol–water partition coefficient (Wildman–Crippen LogP) is 5.59. The molecule has 0 aliphatic heterocycles. The second-order valence-electron chi connectivity index (χ2n) is 8.99. The Bertz CT molecular complexity index is 936.